The van der Waals surface area contributed by atoms with Gasteiger partial charge in [0.25, 0.3) is 0 Å². The number of hydrogen-bond donors (Lipinski definition) is 0. The monoisotopic (exact) mass is 524 g/mol. The van der Waals surface area contributed by atoms with Gasteiger partial charge in [-0.1, -0.05) is 143 Å². The van der Waals surface area contributed by atoms with E-state index in [-0.39, 0.29) is 0 Å². The quantitative estimate of drug-likeness (QED) is 0.151. The van der Waals surface area contributed by atoms with Gasteiger partial charge in [0.1, 0.15) is 5.82 Å². The van der Waals surface area contributed by atoms with Crippen LogP contribution in [0.4, 0.5) is 0 Å². The molecule has 0 atom stereocenters. The number of benzene rings is 2. The van der Waals surface area contributed by atoms with Gasteiger partial charge in [0.05, 0.1) is 11.0 Å². The van der Waals surface area contributed by atoms with Gasteiger partial charge in [-0.2, -0.15) is 0 Å². The molecule has 2 nitrogen and oxygen atoms in total. The standard InChI is InChI=1S/C31H45BrN2/c1-2-3-4-5-6-7-8-9-10-11-12-13-14-15-16-19-25-34-30-24-18-17-23-29(30)33-31(34)27-21-20-22-28(32)26-27/h17-18,20-24,26H,2-16,19,25H2,1H3. The molecule has 1 heterocycles. The highest BCUT2D eigenvalue weighted by Gasteiger charge is 2.12. The van der Waals surface area contributed by atoms with Crippen LogP contribution in [0, 0.1) is 0 Å². The van der Waals surface area contributed by atoms with Crippen LogP contribution >= 0.6 is 15.9 Å². The second kappa shape index (κ2) is 16.1. The van der Waals surface area contributed by atoms with Crippen LogP contribution in [0.3, 0.4) is 0 Å². The fourth-order valence-electron chi connectivity index (χ4n) is 4.97. The van der Waals surface area contributed by atoms with Crippen molar-refractivity contribution in [3.63, 3.8) is 0 Å². The average molecular weight is 526 g/mol. The van der Waals surface area contributed by atoms with Crippen LogP contribution in [0.2, 0.25) is 0 Å². The summed E-state index contributed by atoms with van der Waals surface area (Å²) in [6.07, 6.45) is 22.5. The van der Waals surface area contributed by atoms with Crippen molar-refractivity contribution < 1.29 is 0 Å². The van der Waals surface area contributed by atoms with Crippen LogP contribution in [0.5, 0.6) is 0 Å². The maximum atomic E-state index is 4.96. The van der Waals surface area contributed by atoms with Gasteiger partial charge in [-0.3, -0.25) is 0 Å². The van der Waals surface area contributed by atoms with E-state index in [2.05, 4.69) is 76.0 Å². The molecule has 0 spiro atoms. The molecule has 34 heavy (non-hydrogen) atoms. The summed E-state index contributed by atoms with van der Waals surface area (Å²) < 4.78 is 3.52. The zero-order valence-corrected chi connectivity index (χ0v) is 23.0. The first kappa shape index (κ1) is 27.0. The van der Waals surface area contributed by atoms with Crippen molar-refractivity contribution in [1.29, 1.82) is 0 Å². The van der Waals surface area contributed by atoms with Crippen molar-refractivity contribution in [2.24, 2.45) is 0 Å². The Morgan fingerprint density at radius 3 is 1.79 bits per heavy atom. The van der Waals surface area contributed by atoms with Crippen LogP contribution in [-0.2, 0) is 6.54 Å². The number of para-hydroxylation sites is 2. The number of aryl methyl sites for hydroxylation is 1. The maximum Gasteiger partial charge on any atom is 0.141 e. The largest absolute Gasteiger partial charge is 0.324 e. The fourth-order valence-corrected chi connectivity index (χ4v) is 5.37. The molecule has 1 aromatic heterocycles. The van der Waals surface area contributed by atoms with Crippen LogP contribution in [0.25, 0.3) is 22.4 Å². The molecule has 3 heteroatoms. The van der Waals surface area contributed by atoms with E-state index in [0.717, 1.165) is 22.4 Å². The predicted octanol–water partition coefficient (Wildman–Crippen LogP) is 10.7. The topological polar surface area (TPSA) is 17.8 Å². The molecule has 0 saturated heterocycles. The van der Waals surface area contributed by atoms with Crippen molar-refractivity contribution >= 4 is 27.0 Å². The third-order valence-electron chi connectivity index (χ3n) is 6.97. The molecule has 0 amide bonds. The average Bonchev–Trinajstić information content (AvgIpc) is 3.22. The highest BCUT2D eigenvalue weighted by Crippen LogP contribution is 2.27. The maximum absolute atomic E-state index is 4.96. The minimum absolute atomic E-state index is 1.04. The van der Waals surface area contributed by atoms with Crippen molar-refractivity contribution in [2.45, 2.75) is 116 Å². The smallest absolute Gasteiger partial charge is 0.141 e. The predicted molar refractivity (Wildman–Crippen MR) is 152 cm³/mol. The Balaban J connectivity index is 1.29. The molecule has 0 aliphatic rings. The Bertz CT molecular complexity index is 946. The minimum atomic E-state index is 1.04. The zero-order chi connectivity index (χ0) is 23.8. The SMILES string of the molecule is CCCCCCCCCCCCCCCCCCn1c(-c2cccc(Br)c2)nc2ccccc21. The second-order valence-corrected chi connectivity index (χ2v) is 10.8. The van der Waals surface area contributed by atoms with Gasteiger partial charge in [-0.05, 0) is 30.7 Å². The molecule has 0 aliphatic heterocycles. The number of unbranched alkanes of at least 4 members (excludes halogenated alkanes) is 15. The van der Waals surface area contributed by atoms with Gasteiger partial charge in [0.15, 0.2) is 0 Å². The number of rotatable bonds is 18. The molecular formula is C31H45BrN2. The number of nitrogens with zero attached hydrogens (tertiary/aromatic N) is 2. The number of imidazole rings is 1. The molecule has 0 bridgehead atoms. The number of aromatic nitrogens is 2. The van der Waals surface area contributed by atoms with E-state index in [4.69, 9.17) is 4.98 Å². The van der Waals surface area contributed by atoms with E-state index >= 15 is 0 Å². The Hall–Kier alpha value is -1.61. The summed E-state index contributed by atoms with van der Waals surface area (Å²) in [4.78, 5) is 4.96. The van der Waals surface area contributed by atoms with E-state index in [1.165, 1.54) is 114 Å². The minimum Gasteiger partial charge on any atom is -0.324 e. The molecular weight excluding hydrogens is 480 g/mol. The van der Waals surface area contributed by atoms with Crippen molar-refractivity contribution in [3.8, 4) is 11.4 Å². The first-order chi connectivity index (χ1) is 16.8. The Labute approximate surface area is 216 Å². The molecule has 0 radical (unpaired) electrons. The molecule has 0 unspecified atom stereocenters. The van der Waals surface area contributed by atoms with Gasteiger partial charge in [0, 0.05) is 16.6 Å². The molecule has 186 valence electrons. The molecule has 3 rings (SSSR count). The zero-order valence-electron chi connectivity index (χ0n) is 21.4. The summed E-state index contributed by atoms with van der Waals surface area (Å²) in [5, 5.41) is 0. The molecule has 0 N–H and O–H groups in total. The lowest BCUT2D eigenvalue weighted by atomic mass is 10.0. The highest BCUT2D eigenvalue weighted by atomic mass is 79.9. The lowest BCUT2D eigenvalue weighted by Crippen LogP contribution is -2.01. The summed E-state index contributed by atoms with van der Waals surface area (Å²) in [5.41, 5.74) is 3.52. The van der Waals surface area contributed by atoms with E-state index in [1.807, 2.05) is 0 Å². The van der Waals surface area contributed by atoms with Crippen molar-refractivity contribution in [2.75, 3.05) is 0 Å². The highest BCUT2D eigenvalue weighted by molar-refractivity contribution is 9.10. The van der Waals surface area contributed by atoms with Gasteiger partial charge in [0.2, 0.25) is 0 Å². The first-order valence-electron chi connectivity index (χ1n) is 14.0. The Morgan fingerprint density at radius 1 is 0.647 bits per heavy atom. The van der Waals surface area contributed by atoms with Gasteiger partial charge in [-0.25, -0.2) is 4.98 Å². The summed E-state index contributed by atoms with van der Waals surface area (Å²) >= 11 is 3.62. The molecule has 0 fully saturated rings. The number of fused-ring (bicyclic) bond motifs is 1. The van der Waals surface area contributed by atoms with Crippen LogP contribution in [0.1, 0.15) is 110 Å². The van der Waals surface area contributed by atoms with Crippen molar-refractivity contribution in [1.82, 2.24) is 9.55 Å². The second-order valence-electron chi connectivity index (χ2n) is 9.89. The fraction of sp³-hybridized carbons (Fsp3) is 0.581. The van der Waals surface area contributed by atoms with E-state index in [1.54, 1.807) is 0 Å². The van der Waals surface area contributed by atoms with Crippen LogP contribution < -0.4 is 0 Å². The van der Waals surface area contributed by atoms with Gasteiger partial charge >= 0.3 is 0 Å². The molecule has 0 aliphatic carbocycles. The van der Waals surface area contributed by atoms with Gasteiger partial charge < -0.3 is 4.57 Å². The van der Waals surface area contributed by atoms with Gasteiger partial charge in [-0.15, -0.1) is 0 Å². The normalized spacial score (nSPS) is 11.5. The van der Waals surface area contributed by atoms with Crippen molar-refractivity contribution in [3.05, 3.63) is 53.0 Å². The third kappa shape index (κ3) is 9.21. The van der Waals surface area contributed by atoms with E-state index in [0.29, 0.717) is 0 Å². The summed E-state index contributed by atoms with van der Waals surface area (Å²) in [5.74, 6) is 1.09. The lowest BCUT2D eigenvalue weighted by molar-refractivity contribution is 0.523. The van der Waals surface area contributed by atoms with E-state index < -0.39 is 0 Å². The lowest BCUT2D eigenvalue weighted by Gasteiger charge is -2.10. The van der Waals surface area contributed by atoms with Crippen LogP contribution in [-0.4, -0.2) is 9.55 Å². The van der Waals surface area contributed by atoms with Crippen LogP contribution in [0.15, 0.2) is 53.0 Å². The summed E-state index contributed by atoms with van der Waals surface area (Å²) in [6.45, 7) is 3.34. The Morgan fingerprint density at radius 2 is 1.21 bits per heavy atom. The number of hydrogen-bond acceptors (Lipinski definition) is 1. The Kier molecular flexibility index (Phi) is 12.8. The first-order valence-corrected chi connectivity index (χ1v) is 14.8. The molecule has 0 saturated carbocycles. The number of halogens is 1. The summed E-state index contributed by atoms with van der Waals surface area (Å²) in [7, 11) is 0. The van der Waals surface area contributed by atoms with E-state index in [9.17, 15) is 0 Å². The molecule has 3 aromatic rings. The third-order valence-corrected chi connectivity index (χ3v) is 7.47. The molecule has 2 aromatic carbocycles. The summed E-state index contributed by atoms with van der Waals surface area (Å²) in [6, 6.07) is 17.0.